The van der Waals surface area contributed by atoms with E-state index in [4.69, 9.17) is 9.47 Å². The van der Waals surface area contributed by atoms with Crippen molar-refractivity contribution in [3.63, 3.8) is 0 Å². The zero-order chi connectivity index (χ0) is 23.0. The normalized spacial score (nSPS) is 11.5. The lowest BCUT2D eigenvalue weighted by Gasteiger charge is -2.24. The summed E-state index contributed by atoms with van der Waals surface area (Å²) in [6, 6.07) is 9.50. The van der Waals surface area contributed by atoms with E-state index in [0.717, 1.165) is 43.2 Å². The molecule has 32 heavy (non-hydrogen) atoms. The predicted octanol–water partition coefficient (Wildman–Crippen LogP) is 4.73. The fraction of sp³-hybridized carbons (Fsp3) is 0.458. The molecule has 1 heterocycles. The molecule has 7 nitrogen and oxygen atoms in total. The maximum Gasteiger partial charge on any atom is 0.161 e. The Kier molecular flexibility index (Phi) is 8.03. The van der Waals surface area contributed by atoms with Crippen molar-refractivity contribution in [1.82, 2.24) is 20.6 Å². The number of phenolic OH excluding ortho intramolecular Hbond substituents is 1. The van der Waals surface area contributed by atoms with Crippen molar-refractivity contribution in [2.75, 3.05) is 6.61 Å². The van der Waals surface area contributed by atoms with Crippen molar-refractivity contribution < 1.29 is 19.0 Å². The molecular formula is C24H30FN4O3-. The minimum Gasteiger partial charge on any atom is -0.504 e. The smallest absolute Gasteiger partial charge is 0.161 e. The number of rotatable bonds is 12. The molecule has 0 aliphatic carbocycles. The largest absolute Gasteiger partial charge is 0.504 e. The lowest BCUT2D eigenvalue weighted by molar-refractivity contribution is 0.279. The summed E-state index contributed by atoms with van der Waals surface area (Å²) >= 11 is 0. The van der Waals surface area contributed by atoms with Gasteiger partial charge in [0.1, 0.15) is 18.2 Å². The molecule has 0 spiro atoms. The van der Waals surface area contributed by atoms with Crippen molar-refractivity contribution in [2.24, 2.45) is 0 Å². The number of unbranched alkanes of at least 4 members (excludes halogenated alkanes) is 2. The predicted molar refractivity (Wildman–Crippen MR) is 118 cm³/mol. The van der Waals surface area contributed by atoms with Crippen LogP contribution in [0.4, 0.5) is 4.39 Å². The topological polar surface area (TPSA) is 91.5 Å². The number of aryl methyl sites for hydroxylation is 1. The summed E-state index contributed by atoms with van der Waals surface area (Å²) in [5, 5.41) is 25.4. The Morgan fingerprint density at radius 1 is 1.03 bits per heavy atom. The highest BCUT2D eigenvalue weighted by molar-refractivity contribution is 5.50. The minimum atomic E-state index is -0.291. The van der Waals surface area contributed by atoms with Crippen LogP contribution >= 0.6 is 0 Å². The first-order valence-corrected chi connectivity index (χ1v) is 10.9. The zero-order valence-electron chi connectivity index (χ0n) is 18.8. The molecule has 0 atom stereocenters. The number of benzene rings is 2. The molecule has 0 saturated heterocycles. The van der Waals surface area contributed by atoms with Crippen LogP contribution in [-0.2, 0) is 18.4 Å². The van der Waals surface area contributed by atoms with E-state index < -0.39 is 0 Å². The lowest BCUT2D eigenvalue weighted by atomic mass is 9.86. The summed E-state index contributed by atoms with van der Waals surface area (Å²) in [7, 11) is 0. The highest BCUT2D eigenvalue weighted by Crippen LogP contribution is 2.35. The molecule has 0 radical (unpaired) electrons. The fourth-order valence-electron chi connectivity index (χ4n) is 3.41. The van der Waals surface area contributed by atoms with E-state index in [0.29, 0.717) is 23.9 Å². The van der Waals surface area contributed by atoms with Crippen LogP contribution in [0.25, 0.3) is 0 Å². The number of hydrogen-bond acceptors (Lipinski definition) is 6. The van der Waals surface area contributed by atoms with Gasteiger partial charge in [0, 0.05) is 11.9 Å². The van der Waals surface area contributed by atoms with E-state index in [9.17, 15) is 9.50 Å². The molecule has 3 rings (SSSR count). The van der Waals surface area contributed by atoms with Gasteiger partial charge in [0.2, 0.25) is 0 Å². The Morgan fingerprint density at radius 3 is 2.50 bits per heavy atom. The summed E-state index contributed by atoms with van der Waals surface area (Å²) in [6.07, 6.45) is 4.63. The number of phenols is 1. The van der Waals surface area contributed by atoms with Crippen LogP contribution in [-0.4, -0.2) is 27.2 Å². The third kappa shape index (κ3) is 6.42. The molecule has 1 N–H and O–H groups in total. The number of aromatic hydroxyl groups is 1. The van der Waals surface area contributed by atoms with Crippen LogP contribution in [0.3, 0.4) is 0 Å². The van der Waals surface area contributed by atoms with Gasteiger partial charge in [-0.1, -0.05) is 45.7 Å². The monoisotopic (exact) mass is 441 g/mol. The number of ether oxygens (including phenoxy) is 2. The van der Waals surface area contributed by atoms with E-state index in [1.807, 2.05) is 6.92 Å². The first kappa shape index (κ1) is 23.5. The van der Waals surface area contributed by atoms with Gasteiger partial charge in [0.05, 0.1) is 6.61 Å². The quantitative estimate of drug-likeness (QED) is 0.406. The molecule has 0 saturated carbocycles. The van der Waals surface area contributed by atoms with Crippen LogP contribution in [0.1, 0.15) is 63.4 Å². The van der Waals surface area contributed by atoms with Crippen molar-refractivity contribution in [2.45, 2.75) is 64.9 Å². The minimum absolute atomic E-state index is 0.0259. The second-order valence-corrected chi connectivity index (χ2v) is 8.44. The molecule has 1 aromatic heterocycles. The number of tetrazole rings is 1. The number of hydrogen-bond donors (Lipinski definition) is 1. The van der Waals surface area contributed by atoms with Gasteiger partial charge < -0.3 is 19.7 Å². The van der Waals surface area contributed by atoms with E-state index in [1.165, 1.54) is 12.1 Å². The first-order valence-electron chi connectivity index (χ1n) is 10.9. The molecule has 0 aliphatic rings. The van der Waals surface area contributed by atoms with Gasteiger partial charge in [-0.3, -0.25) is 10.3 Å². The summed E-state index contributed by atoms with van der Waals surface area (Å²) in [4.78, 5) is 0. The SMILES string of the molecule is CCc1cc(OCc2ccc(F)cc2)c(O)cc1OCCCCCC(C)(C)c1nnn[n-]1. The summed E-state index contributed by atoms with van der Waals surface area (Å²) in [5.41, 5.74) is 1.64. The summed E-state index contributed by atoms with van der Waals surface area (Å²) < 4.78 is 24.7. The molecule has 2 aromatic carbocycles. The van der Waals surface area contributed by atoms with Gasteiger partial charge >= 0.3 is 0 Å². The first-order chi connectivity index (χ1) is 15.4. The summed E-state index contributed by atoms with van der Waals surface area (Å²) in [6.45, 7) is 7.03. The second kappa shape index (κ2) is 10.9. The lowest BCUT2D eigenvalue weighted by Crippen LogP contribution is -2.20. The molecule has 0 amide bonds. The highest BCUT2D eigenvalue weighted by Gasteiger charge is 2.19. The van der Waals surface area contributed by atoms with Crippen LogP contribution in [0.5, 0.6) is 17.2 Å². The van der Waals surface area contributed by atoms with Crippen molar-refractivity contribution in [3.05, 3.63) is 59.2 Å². The Bertz CT molecular complexity index is 976. The van der Waals surface area contributed by atoms with Gasteiger partial charge in [-0.05, 0) is 54.0 Å². The Hall–Kier alpha value is -3.16. The van der Waals surface area contributed by atoms with E-state index in [1.54, 1.807) is 24.3 Å². The average molecular weight is 442 g/mol. The molecule has 172 valence electrons. The standard InChI is InChI=1S/C24H30FN4O3/c1-4-18-14-22(32-16-17-8-10-19(25)11-9-17)20(30)15-21(18)31-13-7-5-6-12-24(2,3)23-26-28-29-27-23/h8-11,14-15H,4-7,12-13,16H2,1-3H3,(H-,26,27,28,29,30)/q-1. The molecule has 3 aromatic rings. The third-order valence-electron chi connectivity index (χ3n) is 5.46. The molecule has 0 unspecified atom stereocenters. The Morgan fingerprint density at radius 2 is 1.81 bits per heavy atom. The molecule has 0 bridgehead atoms. The summed E-state index contributed by atoms with van der Waals surface area (Å²) in [5.74, 6) is 1.47. The van der Waals surface area contributed by atoms with Gasteiger partial charge in [0.15, 0.2) is 11.5 Å². The van der Waals surface area contributed by atoms with Crippen LogP contribution in [0.15, 0.2) is 36.4 Å². The second-order valence-electron chi connectivity index (χ2n) is 8.44. The van der Waals surface area contributed by atoms with Gasteiger partial charge in [-0.2, -0.15) is 5.21 Å². The third-order valence-corrected chi connectivity index (χ3v) is 5.46. The van der Waals surface area contributed by atoms with Gasteiger partial charge in [0.25, 0.3) is 0 Å². The number of nitrogens with zero attached hydrogens (tertiary/aromatic N) is 4. The van der Waals surface area contributed by atoms with Crippen molar-refractivity contribution >= 4 is 0 Å². The van der Waals surface area contributed by atoms with Crippen LogP contribution in [0.2, 0.25) is 0 Å². The number of halogens is 1. The van der Waals surface area contributed by atoms with Gasteiger partial charge in [-0.25, -0.2) is 4.39 Å². The maximum absolute atomic E-state index is 13.0. The highest BCUT2D eigenvalue weighted by atomic mass is 19.1. The Balaban J connectivity index is 1.46. The van der Waals surface area contributed by atoms with E-state index in [-0.39, 0.29) is 23.6 Å². The molecule has 0 fully saturated rings. The van der Waals surface area contributed by atoms with E-state index in [2.05, 4.69) is 34.5 Å². The van der Waals surface area contributed by atoms with Crippen molar-refractivity contribution in [3.8, 4) is 17.2 Å². The maximum atomic E-state index is 13.0. The van der Waals surface area contributed by atoms with E-state index >= 15 is 0 Å². The fourth-order valence-corrected chi connectivity index (χ4v) is 3.41. The number of aromatic nitrogens is 4. The van der Waals surface area contributed by atoms with Crippen molar-refractivity contribution in [1.29, 1.82) is 0 Å². The molecular weight excluding hydrogens is 411 g/mol. The molecule has 8 heteroatoms. The zero-order valence-corrected chi connectivity index (χ0v) is 18.8. The van der Waals surface area contributed by atoms with Crippen LogP contribution in [0, 0.1) is 5.82 Å². The molecule has 0 aliphatic heterocycles. The van der Waals surface area contributed by atoms with Crippen LogP contribution < -0.4 is 14.6 Å². The average Bonchev–Trinajstić information content (AvgIpc) is 3.33. The Labute approximate surface area is 188 Å². The van der Waals surface area contributed by atoms with Gasteiger partial charge in [-0.15, -0.1) is 0 Å².